The molecule has 0 saturated carbocycles. The van der Waals surface area contributed by atoms with Crippen molar-refractivity contribution in [1.29, 1.82) is 0 Å². The molecule has 5 nitrogen and oxygen atoms in total. The fourth-order valence-electron chi connectivity index (χ4n) is 1.02. The zero-order valence-corrected chi connectivity index (χ0v) is 8.90. The third kappa shape index (κ3) is 3.04. The third-order valence-electron chi connectivity index (χ3n) is 1.63. The van der Waals surface area contributed by atoms with Crippen LogP contribution in [-0.2, 0) is 14.4 Å². The first-order valence-corrected chi connectivity index (χ1v) is 5.90. The number of rotatable bonds is 5. The minimum atomic E-state index is -3.43. The lowest BCUT2D eigenvalue weighted by molar-refractivity contribution is -0.00885. The standard InChI is InChI=1S/C8H14N2O3S/c1-3-7-14(11,12)13-10-6-5-9(4-2)8-10/h4-6H,2-3,7-8H2,1H3. The summed E-state index contributed by atoms with van der Waals surface area (Å²) in [5.41, 5.74) is 0. The highest BCUT2D eigenvalue weighted by Gasteiger charge is 2.18. The van der Waals surface area contributed by atoms with E-state index in [9.17, 15) is 8.42 Å². The topological polar surface area (TPSA) is 49.9 Å². The molecule has 0 N–H and O–H groups in total. The van der Waals surface area contributed by atoms with Gasteiger partial charge in [0.2, 0.25) is 0 Å². The molecule has 1 aliphatic heterocycles. The van der Waals surface area contributed by atoms with E-state index in [-0.39, 0.29) is 5.75 Å². The van der Waals surface area contributed by atoms with Crippen LogP contribution in [0.3, 0.4) is 0 Å². The molecule has 0 aliphatic carbocycles. The third-order valence-corrected chi connectivity index (χ3v) is 2.95. The van der Waals surface area contributed by atoms with E-state index in [2.05, 4.69) is 6.58 Å². The average molecular weight is 218 g/mol. The SMILES string of the molecule is C=CN1C=CN(OS(=O)(=O)CCC)C1. The highest BCUT2D eigenvalue weighted by atomic mass is 32.2. The predicted molar refractivity (Wildman–Crippen MR) is 53.0 cm³/mol. The Morgan fingerprint density at radius 2 is 2.29 bits per heavy atom. The molecule has 0 spiro atoms. The van der Waals surface area contributed by atoms with Gasteiger partial charge in [-0.25, -0.2) is 5.06 Å². The normalized spacial score (nSPS) is 16.4. The van der Waals surface area contributed by atoms with Gasteiger partial charge in [0.15, 0.2) is 0 Å². The van der Waals surface area contributed by atoms with E-state index in [1.54, 1.807) is 30.4 Å². The van der Waals surface area contributed by atoms with Gasteiger partial charge in [0.1, 0.15) is 6.67 Å². The van der Waals surface area contributed by atoms with Crippen molar-refractivity contribution in [3.05, 3.63) is 25.2 Å². The van der Waals surface area contributed by atoms with E-state index in [0.717, 1.165) is 0 Å². The Morgan fingerprint density at radius 3 is 2.79 bits per heavy atom. The summed E-state index contributed by atoms with van der Waals surface area (Å²) in [5, 5.41) is 1.26. The van der Waals surface area contributed by atoms with Gasteiger partial charge in [-0.1, -0.05) is 13.5 Å². The second-order valence-corrected chi connectivity index (χ2v) is 4.56. The van der Waals surface area contributed by atoms with E-state index in [1.807, 2.05) is 0 Å². The molecule has 14 heavy (non-hydrogen) atoms. The molecule has 0 fully saturated rings. The van der Waals surface area contributed by atoms with Crippen LogP contribution in [0.15, 0.2) is 25.2 Å². The molecule has 0 aromatic rings. The Balaban J connectivity index is 2.48. The quantitative estimate of drug-likeness (QED) is 0.684. The van der Waals surface area contributed by atoms with Gasteiger partial charge in [-0.2, -0.15) is 8.42 Å². The first-order valence-electron chi connectivity index (χ1n) is 4.33. The summed E-state index contributed by atoms with van der Waals surface area (Å²) in [7, 11) is -3.43. The smallest absolute Gasteiger partial charge is 0.288 e. The van der Waals surface area contributed by atoms with Crippen LogP contribution in [-0.4, -0.2) is 30.8 Å². The lowest BCUT2D eigenvalue weighted by Gasteiger charge is -2.16. The van der Waals surface area contributed by atoms with Crippen LogP contribution in [0.5, 0.6) is 0 Å². The molecule has 80 valence electrons. The summed E-state index contributed by atoms with van der Waals surface area (Å²) in [4.78, 5) is 1.71. The van der Waals surface area contributed by atoms with Gasteiger partial charge in [0.05, 0.1) is 5.75 Å². The van der Waals surface area contributed by atoms with Crippen LogP contribution >= 0.6 is 0 Å². The summed E-state index contributed by atoms with van der Waals surface area (Å²) < 4.78 is 27.3. The van der Waals surface area contributed by atoms with Crippen molar-refractivity contribution in [2.24, 2.45) is 0 Å². The van der Waals surface area contributed by atoms with Gasteiger partial charge >= 0.3 is 0 Å². The predicted octanol–water partition coefficient (Wildman–Crippen LogP) is 0.848. The second kappa shape index (κ2) is 4.47. The summed E-state index contributed by atoms with van der Waals surface area (Å²) in [5.74, 6) is 0.0332. The van der Waals surface area contributed by atoms with Crippen molar-refractivity contribution in [3.63, 3.8) is 0 Å². The van der Waals surface area contributed by atoms with Crippen molar-refractivity contribution in [2.45, 2.75) is 13.3 Å². The summed E-state index contributed by atoms with van der Waals surface area (Å²) >= 11 is 0. The van der Waals surface area contributed by atoms with E-state index in [4.69, 9.17) is 4.28 Å². The van der Waals surface area contributed by atoms with Crippen molar-refractivity contribution in [3.8, 4) is 0 Å². The monoisotopic (exact) mass is 218 g/mol. The van der Waals surface area contributed by atoms with Gasteiger partial charge in [-0.05, 0) is 12.6 Å². The van der Waals surface area contributed by atoms with Crippen molar-refractivity contribution >= 4 is 10.1 Å². The highest BCUT2D eigenvalue weighted by molar-refractivity contribution is 7.86. The van der Waals surface area contributed by atoms with E-state index >= 15 is 0 Å². The molecule has 0 unspecified atom stereocenters. The van der Waals surface area contributed by atoms with E-state index in [1.165, 1.54) is 5.06 Å². The molecule has 0 aromatic carbocycles. The summed E-state index contributed by atoms with van der Waals surface area (Å²) in [6.45, 7) is 5.70. The maximum absolute atomic E-state index is 11.2. The minimum absolute atomic E-state index is 0.0332. The van der Waals surface area contributed by atoms with Crippen molar-refractivity contribution in [1.82, 2.24) is 9.96 Å². The average Bonchev–Trinajstić information content (AvgIpc) is 2.51. The van der Waals surface area contributed by atoms with Crippen LogP contribution in [0.25, 0.3) is 0 Å². The lowest BCUT2D eigenvalue weighted by atomic mass is 10.6. The molecule has 0 aromatic heterocycles. The molecule has 0 atom stereocenters. The molecule has 1 rings (SSSR count). The van der Waals surface area contributed by atoms with Crippen molar-refractivity contribution in [2.75, 3.05) is 12.4 Å². The highest BCUT2D eigenvalue weighted by Crippen LogP contribution is 2.10. The second-order valence-electron chi connectivity index (χ2n) is 2.89. The Morgan fingerprint density at radius 1 is 1.57 bits per heavy atom. The molecule has 0 radical (unpaired) electrons. The minimum Gasteiger partial charge on any atom is -0.333 e. The Labute approximate surface area is 84.3 Å². The van der Waals surface area contributed by atoms with Gasteiger partial charge in [0.25, 0.3) is 10.1 Å². The zero-order valence-electron chi connectivity index (χ0n) is 8.09. The molecule has 0 bridgehead atoms. The van der Waals surface area contributed by atoms with Crippen LogP contribution in [0.1, 0.15) is 13.3 Å². The van der Waals surface area contributed by atoms with Crippen LogP contribution < -0.4 is 0 Å². The molecule has 0 saturated heterocycles. The van der Waals surface area contributed by atoms with Gasteiger partial charge in [-0.3, -0.25) is 0 Å². The fraction of sp³-hybridized carbons (Fsp3) is 0.500. The number of nitrogens with zero attached hydrogens (tertiary/aromatic N) is 2. The Kier molecular flexibility index (Phi) is 3.54. The molecule has 6 heteroatoms. The maximum Gasteiger partial charge on any atom is 0.288 e. The molecule has 1 aliphatic rings. The van der Waals surface area contributed by atoms with Crippen molar-refractivity contribution < 1.29 is 12.7 Å². The van der Waals surface area contributed by atoms with Gasteiger partial charge < -0.3 is 4.90 Å². The Bertz CT molecular complexity index is 323. The van der Waals surface area contributed by atoms with E-state index < -0.39 is 10.1 Å². The van der Waals surface area contributed by atoms with Crippen LogP contribution in [0, 0.1) is 0 Å². The first kappa shape index (κ1) is 11.1. The molecule has 1 heterocycles. The van der Waals surface area contributed by atoms with Gasteiger partial charge in [-0.15, -0.1) is 4.28 Å². The number of hydroxylamine groups is 2. The number of hydrogen-bond acceptors (Lipinski definition) is 5. The van der Waals surface area contributed by atoms with Gasteiger partial charge in [0, 0.05) is 12.4 Å². The molecule has 0 amide bonds. The maximum atomic E-state index is 11.2. The van der Waals surface area contributed by atoms with Crippen LogP contribution in [0.4, 0.5) is 0 Å². The number of hydrogen-bond donors (Lipinski definition) is 0. The summed E-state index contributed by atoms with van der Waals surface area (Å²) in [6, 6.07) is 0. The van der Waals surface area contributed by atoms with Crippen LogP contribution in [0.2, 0.25) is 0 Å². The largest absolute Gasteiger partial charge is 0.333 e. The molecular weight excluding hydrogens is 204 g/mol. The Hall–Kier alpha value is -1.01. The lowest BCUT2D eigenvalue weighted by Crippen LogP contribution is -2.26. The first-order chi connectivity index (χ1) is 6.57. The summed E-state index contributed by atoms with van der Waals surface area (Å²) in [6.07, 6.45) is 5.38. The molecular formula is C8H14N2O3S. The fourth-order valence-corrected chi connectivity index (χ4v) is 1.98. The van der Waals surface area contributed by atoms with E-state index in [0.29, 0.717) is 13.1 Å². The zero-order chi connectivity index (χ0) is 10.6.